The van der Waals surface area contributed by atoms with Gasteiger partial charge in [-0.15, -0.1) is 0 Å². The van der Waals surface area contributed by atoms with Gasteiger partial charge in [0.1, 0.15) is 0 Å². The Morgan fingerprint density at radius 3 is 1.50 bits per heavy atom. The van der Waals surface area contributed by atoms with Crippen molar-refractivity contribution in [1.29, 1.82) is 0 Å². The highest BCUT2D eigenvalue weighted by molar-refractivity contribution is 6.13. The Balaban J connectivity index is 1.00. The first-order valence-electron chi connectivity index (χ1n) is 21.2. The van der Waals surface area contributed by atoms with Crippen LogP contribution < -0.4 is 0 Å². The third kappa shape index (κ3) is 4.92. The van der Waals surface area contributed by atoms with Crippen LogP contribution in [0, 0.1) is 0 Å². The molecule has 4 nitrogen and oxygen atoms in total. The van der Waals surface area contributed by atoms with E-state index in [1.54, 1.807) is 0 Å². The van der Waals surface area contributed by atoms with E-state index >= 15 is 0 Å². The van der Waals surface area contributed by atoms with Crippen LogP contribution in [-0.4, -0.2) is 19.5 Å². The van der Waals surface area contributed by atoms with Crippen molar-refractivity contribution in [3.63, 3.8) is 0 Å². The van der Waals surface area contributed by atoms with Gasteiger partial charge < -0.3 is 4.57 Å². The van der Waals surface area contributed by atoms with Crippen LogP contribution in [0.3, 0.4) is 0 Å². The maximum atomic E-state index is 5.35. The van der Waals surface area contributed by atoms with Crippen LogP contribution in [0.5, 0.6) is 0 Å². The largest absolute Gasteiger partial charge is 0.309 e. The average Bonchev–Trinajstić information content (AvgIpc) is 3.96. The molecule has 2 aliphatic carbocycles. The highest BCUT2D eigenvalue weighted by Crippen LogP contribution is 2.63. The fraction of sp³-hybridized carbons (Fsp3) is 0.0172. The predicted molar refractivity (Wildman–Crippen MR) is 252 cm³/mol. The lowest BCUT2D eigenvalue weighted by Gasteiger charge is -2.30. The standard InChI is InChI=1S/C58H36N4/c1-3-17-37(18-4-1)55-59-56(61-57(60-55)48-28-16-27-47-46-26-10-14-32-53(46)62(54(47)48)41-21-5-2-6-22-41)40-20-15-19-38(35-40)39-33-34-45-44-25-9-13-31-51(44)58(52(45)36-39)49-29-11-7-23-42(49)43-24-8-12-30-50(43)58/h1-36H. The van der Waals surface area contributed by atoms with Crippen molar-refractivity contribution in [2.75, 3.05) is 0 Å². The number of nitrogens with zero attached hydrogens (tertiary/aromatic N) is 4. The number of hydrogen-bond acceptors (Lipinski definition) is 3. The van der Waals surface area contributed by atoms with E-state index in [9.17, 15) is 0 Å². The zero-order valence-corrected chi connectivity index (χ0v) is 33.6. The van der Waals surface area contributed by atoms with Crippen LogP contribution in [0.2, 0.25) is 0 Å². The minimum atomic E-state index is -0.413. The first-order valence-corrected chi connectivity index (χ1v) is 21.2. The van der Waals surface area contributed by atoms with Gasteiger partial charge in [0, 0.05) is 33.2 Å². The molecule has 0 N–H and O–H groups in total. The Labute approximate surface area is 359 Å². The summed E-state index contributed by atoms with van der Waals surface area (Å²) in [6, 6.07) is 78.5. The summed E-state index contributed by atoms with van der Waals surface area (Å²) in [5.74, 6) is 1.88. The molecule has 0 atom stereocenters. The van der Waals surface area contributed by atoms with Crippen LogP contribution >= 0.6 is 0 Å². The average molecular weight is 789 g/mol. The number of hydrogen-bond donors (Lipinski definition) is 0. The molecule has 13 rings (SSSR count). The summed E-state index contributed by atoms with van der Waals surface area (Å²) in [7, 11) is 0. The summed E-state index contributed by atoms with van der Waals surface area (Å²) in [5, 5.41) is 2.33. The fourth-order valence-electron chi connectivity index (χ4n) is 10.5. The molecule has 0 saturated carbocycles. The van der Waals surface area contributed by atoms with E-state index in [-0.39, 0.29) is 0 Å². The van der Waals surface area contributed by atoms with Gasteiger partial charge in [-0.05, 0) is 92.0 Å². The smallest absolute Gasteiger partial charge is 0.166 e. The Kier molecular flexibility index (Phi) is 7.49. The second-order valence-electron chi connectivity index (χ2n) is 16.3. The molecule has 62 heavy (non-hydrogen) atoms. The quantitative estimate of drug-likeness (QED) is 0.174. The number of fused-ring (bicyclic) bond motifs is 13. The molecule has 0 fully saturated rings. The molecule has 0 unspecified atom stereocenters. The highest BCUT2D eigenvalue weighted by atomic mass is 15.0. The normalized spacial score (nSPS) is 13.0. The molecule has 0 radical (unpaired) electrons. The van der Waals surface area contributed by atoms with Crippen LogP contribution in [0.1, 0.15) is 22.3 Å². The number of rotatable bonds is 5. The minimum absolute atomic E-state index is 0.413. The summed E-state index contributed by atoms with van der Waals surface area (Å²) in [6.45, 7) is 0. The van der Waals surface area contributed by atoms with E-state index < -0.39 is 5.41 Å². The molecular weight excluding hydrogens is 753 g/mol. The van der Waals surface area contributed by atoms with E-state index in [2.05, 4.69) is 205 Å². The van der Waals surface area contributed by atoms with Gasteiger partial charge >= 0.3 is 0 Å². The minimum Gasteiger partial charge on any atom is -0.309 e. The monoisotopic (exact) mass is 788 g/mol. The van der Waals surface area contributed by atoms with Crippen LogP contribution in [0.25, 0.3) is 95.0 Å². The molecule has 2 aromatic heterocycles. The second kappa shape index (κ2) is 13.4. The van der Waals surface area contributed by atoms with E-state index in [0.717, 1.165) is 49.9 Å². The van der Waals surface area contributed by atoms with Crippen LogP contribution in [-0.2, 0) is 5.41 Å². The van der Waals surface area contributed by atoms with Gasteiger partial charge in [-0.1, -0.05) is 182 Å². The summed E-state index contributed by atoms with van der Waals surface area (Å²) < 4.78 is 2.34. The molecule has 0 bridgehead atoms. The molecule has 11 aromatic rings. The number of benzene rings is 9. The molecule has 4 heteroatoms. The molecule has 0 aliphatic heterocycles. The molecule has 288 valence electrons. The van der Waals surface area contributed by atoms with Crippen molar-refractivity contribution in [3.8, 4) is 73.2 Å². The molecule has 0 saturated heterocycles. The maximum Gasteiger partial charge on any atom is 0.166 e. The summed E-state index contributed by atoms with van der Waals surface area (Å²) in [5.41, 5.74) is 18.4. The van der Waals surface area contributed by atoms with Gasteiger partial charge in [-0.25, -0.2) is 15.0 Å². The van der Waals surface area contributed by atoms with Gasteiger partial charge in [0.25, 0.3) is 0 Å². The maximum absolute atomic E-state index is 5.35. The van der Waals surface area contributed by atoms with Gasteiger partial charge in [0.15, 0.2) is 17.5 Å². The lowest BCUT2D eigenvalue weighted by atomic mass is 9.70. The van der Waals surface area contributed by atoms with Crippen molar-refractivity contribution in [3.05, 3.63) is 241 Å². The Morgan fingerprint density at radius 2 is 0.790 bits per heavy atom. The number of aromatic nitrogens is 4. The van der Waals surface area contributed by atoms with Crippen molar-refractivity contribution in [2.45, 2.75) is 5.41 Å². The zero-order valence-electron chi connectivity index (χ0n) is 33.6. The molecule has 9 aromatic carbocycles. The van der Waals surface area contributed by atoms with Crippen molar-refractivity contribution in [1.82, 2.24) is 19.5 Å². The Morgan fingerprint density at radius 1 is 0.306 bits per heavy atom. The lowest BCUT2D eigenvalue weighted by Crippen LogP contribution is -2.25. The molecule has 2 heterocycles. The highest BCUT2D eigenvalue weighted by Gasteiger charge is 2.51. The molecule has 2 aliphatic rings. The summed E-state index contributed by atoms with van der Waals surface area (Å²) >= 11 is 0. The van der Waals surface area contributed by atoms with E-state index in [1.165, 1.54) is 49.9 Å². The van der Waals surface area contributed by atoms with Gasteiger partial charge in [-0.2, -0.15) is 0 Å². The van der Waals surface area contributed by atoms with Crippen LogP contribution in [0.15, 0.2) is 218 Å². The molecule has 0 amide bonds. The van der Waals surface area contributed by atoms with Gasteiger partial charge in [0.2, 0.25) is 0 Å². The Bertz CT molecular complexity index is 3520. The van der Waals surface area contributed by atoms with E-state index in [1.807, 2.05) is 18.2 Å². The Hall–Kier alpha value is -8.21. The van der Waals surface area contributed by atoms with E-state index in [0.29, 0.717) is 17.5 Å². The zero-order chi connectivity index (χ0) is 40.8. The fourth-order valence-corrected chi connectivity index (χ4v) is 10.5. The first-order chi connectivity index (χ1) is 30.8. The lowest BCUT2D eigenvalue weighted by molar-refractivity contribution is 0.794. The first kappa shape index (κ1) is 34.6. The third-order valence-corrected chi connectivity index (χ3v) is 13.1. The van der Waals surface area contributed by atoms with E-state index in [4.69, 9.17) is 15.0 Å². The number of para-hydroxylation sites is 3. The second-order valence-corrected chi connectivity index (χ2v) is 16.3. The third-order valence-electron chi connectivity index (χ3n) is 13.1. The molecular formula is C58H36N4. The van der Waals surface area contributed by atoms with Crippen LogP contribution in [0.4, 0.5) is 0 Å². The molecule has 1 spiro atoms. The SMILES string of the molecule is c1ccc(-c2nc(-c3cccc(-c4ccc5c(c4)C4(c6ccccc6-c6ccccc64)c4ccccc4-5)c3)nc(-c3cccc4c5ccccc5n(-c5ccccc5)c34)n2)cc1. The topological polar surface area (TPSA) is 43.6 Å². The van der Waals surface area contributed by atoms with Crippen molar-refractivity contribution >= 4 is 21.8 Å². The van der Waals surface area contributed by atoms with Gasteiger partial charge in [-0.3, -0.25) is 0 Å². The predicted octanol–water partition coefficient (Wildman–Crippen LogP) is 14.0. The van der Waals surface area contributed by atoms with Crippen molar-refractivity contribution < 1.29 is 0 Å². The van der Waals surface area contributed by atoms with Crippen molar-refractivity contribution in [2.24, 2.45) is 0 Å². The van der Waals surface area contributed by atoms with Gasteiger partial charge in [0.05, 0.1) is 16.4 Å². The summed E-state index contributed by atoms with van der Waals surface area (Å²) in [6.07, 6.45) is 0. The summed E-state index contributed by atoms with van der Waals surface area (Å²) in [4.78, 5) is 15.8.